The molecule has 134 valence electrons. The van der Waals surface area contributed by atoms with Crippen LogP contribution < -0.4 is 5.32 Å². The van der Waals surface area contributed by atoms with Crippen LogP contribution in [0.4, 0.5) is 5.69 Å². The first kappa shape index (κ1) is 18.5. The monoisotopic (exact) mass is 387 g/mol. The summed E-state index contributed by atoms with van der Waals surface area (Å²) in [6, 6.07) is 13.2. The highest BCUT2D eigenvalue weighted by Crippen LogP contribution is 2.28. The van der Waals surface area contributed by atoms with Gasteiger partial charge in [0.2, 0.25) is 11.8 Å². The number of nitrogens with one attached hydrogen (secondary N) is 1. The fraction of sp³-hybridized carbons (Fsp3) is 0.211. The first-order valence-electron chi connectivity index (χ1n) is 8.07. The van der Waals surface area contributed by atoms with Crippen molar-refractivity contribution in [3.8, 4) is 11.5 Å². The molecule has 1 amide bonds. The molecule has 1 atom stereocenters. The summed E-state index contributed by atoms with van der Waals surface area (Å²) in [4.78, 5) is 12.4. The van der Waals surface area contributed by atoms with Crippen LogP contribution in [0.3, 0.4) is 0 Å². The Morgan fingerprint density at radius 3 is 2.62 bits per heavy atom. The van der Waals surface area contributed by atoms with E-state index in [0.717, 1.165) is 16.7 Å². The minimum atomic E-state index is -0.403. The van der Waals surface area contributed by atoms with Gasteiger partial charge in [0.1, 0.15) is 0 Å². The highest BCUT2D eigenvalue weighted by atomic mass is 35.5. The number of halogens is 1. The molecule has 1 aromatic heterocycles. The Hall–Kier alpha value is -2.31. The predicted molar refractivity (Wildman–Crippen MR) is 105 cm³/mol. The van der Waals surface area contributed by atoms with Crippen molar-refractivity contribution >= 4 is 35.0 Å². The average molecular weight is 388 g/mol. The van der Waals surface area contributed by atoms with E-state index in [1.165, 1.54) is 11.8 Å². The number of rotatable bonds is 5. The van der Waals surface area contributed by atoms with Crippen molar-refractivity contribution in [3.05, 3.63) is 58.6 Å². The second-order valence-electron chi connectivity index (χ2n) is 5.90. The van der Waals surface area contributed by atoms with Crippen molar-refractivity contribution in [2.75, 3.05) is 5.32 Å². The summed E-state index contributed by atoms with van der Waals surface area (Å²) < 4.78 is 5.66. The topological polar surface area (TPSA) is 68.0 Å². The van der Waals surface area contributed by atoms with Crippen molar-refractivity contribution in [1.29, 1.82) is 0 Å². The van der Waals surface area contributed by atoms with Crippen LogP contribution in [0.2, 0.25) is 5.02 Å². The van der Waals surface area contributed by atoms with Crippen LogP contribution in [0.15, 0.2) is 52.1 Å². The smallest absolute Gasteiger partial charge is 0.277 e. The van der Waals surface area contributed by atoms with E-state index in [4.69, 9.17) is 16.0 Å². The van der Waals surface area contributed by atoms with Gasteiger partial charge in [-0.2, -0.15) is 0 Å². The third-order valence-corrected chi connectivity index (χ3v) is 5.22. The highest BCUT2D eigenvalue weighted by molar-refractivity contribution is 8.00. The summed E-state index contributed by atoms with van der Waals surface area (Å²) in [7, 11) is 0. The lowest BCUT2D eigenvalue weighted by atomic mass is 10.1. The van der Waals surface area contributed by atoms with Gasteiger partial charge >= 0.3 is 0 Å². The fourth-order valence-corrected chi connectivity index (χ4v) is 3.11. The summed E-state index contributed by atoms with van der Waals surface area (Å²) in [6.07, 6.45) is 0. The summed E-state index contributed by atoms with van der Waals surface area (Å²) in [5.41, 5.74) is 3.53. The van der Waals surface area contributed by atoms with Gasteiger partial charge in [0.05, 0.1) is 5.25 Å². The number of hydrogen-bond acceptors (Lipinski definition) is 5. The number of nitrogens with zero attached hydrogens (tertiary/aromatic N) is 2. The molecule has 0 spiro atoms. The molecule has 0 saturated carbocycles. The number of anilines is 1. The Morgan fingerprint density at radius 1 is 1.15 bits per heavy atom. The molecule has 7 heteroatoms. The van der Waals surface area contributed by atoms with Gasteiger partial charge in [-0.1, -0.05) is 47.1 Å². The minimum absolute atomic E-state index is 0.157. The number of aromatic nitrogens is 2. The molecule has 0 fully saturated rings. The van der Waals surface area contributed by atoms with Crippen LogP contribution in [-0.2, 0) is 4.79 Å². The molecule has 0 bridgehead atoms. The zero-order chi connectivity index (χ0) is 18.7. The average Bonchev–Trinajstić information content (AvgIpc) is 3.08. The second kappa shape index (κ2) is 7.93. The van der Waals surface area contributed by atoms with Crippen molar-refractivity contribution < 1.29 is 9.21 Å². The lowest BCUT2D eigenvalue weighted by molar-refractivity contribution is -0.115. The Kier molecular flexibility index (Phi) is 5.64. The van der Waals surface area contributed by atoms with Gasteiger partial charge in [0.15, 0.2) is 0 Å². The Balaban J connectivity index is 1.66. The number of thioether (sulfide) groups is 1. The van der Waals surface area contributed by atoms with Gasteiger partial charge in [-0.05, 0) is 50.6 Å². The standard InChI is InChI=1S/C19H18ClN3O2S/c1-11-7-9-14(10-8-11)18-22-23-19(25-18)26-13(3)17(24)21-16-6-4-5-15(20)12(16)2/h4-10,13H,1-3H3,(H,21,24)/t13-/m1/s1. The van der Waals surface area contributed by atoms with Crippen molar-refractivity contribution in [1.82, 2.24) is 10.2 Å². The molecule has 5 nitrogen and oxygen atoms in total. The molecule has 0 unspecified atom stereocenters. The number of amides is 1. The summed E-state index contributed by atoms with van der Waals surface area (Å²) >= 11 is 7.30. The largest absolute Gasteiger partial charge is 0.411 e. The Labute approximate surface area is 161 Å². The highest BCUT2D eigenvalue weighted by Gasteiger charge is 2.19. The lowest BCUT2D eigenvalue weighted by Gasteiger charge is -2.12. The Morgan fingerprint density at radius 2 is 1.88 bits per heavy atom. The summed E-state index contributed by atoms with van der Waals surface area (Å²) in [6.45, 7) is 5.66. The van der Waals surface area contributed by atoms with E-state index in [1.54, 1.807) is 19.1 Å². The van der Waals surface area contributed by atoms with Crippen molar-refractivity contribution in [2.24, 2.45) is 0 Å². The quantitative estimate of drug-likeness (QED) is 0.615. The van der Waals surface area contributed by atoms with Crippen molar-refractivity contribution in [2.45, 2.75) is 31.2 Å². The SMILES string of the molecule is Cc1ccc(-c2nnc(S[C@H](C)C(=O)Nc3cccc(Cl)c3C)o2)cc1. The molecular weight excluding hydrogens is 370 g/mol. The van der Waals surface area contributed by atoms with Gasteiger partial charge in [-0.15, -0.1) is 10.2 Å². The first-order valence-corrected chi connectivity index (χ1v) is 9.33. The van der Waals surface area contributed by atoms with Gasteiger partial charge in [0.25, 0.3) is 5.22 Å². The Bertz CT molecular complexity index is 925. The summed E-state index contributed by atoms with van der Waals surface area (Å²) in [5, 5.41) is 11.5. The van der Waals surface area contributed by atoms with E-state index in [-0.39, 0.29) is 5.91 Å². The van der Waals surface area contributed by atoms with E-state index in [1.807, 2.05) is 44.2 Å². The van der Waals surface area contributed by atoms with Gasteiger partial charge in [-0.3, -0.25) is 4.79 Å². The molecule has 1 heterocycles. The van der Waals surface area contributed by atoms with Crippen LogP contribution in [0.5, 0.6) is 0 Å². The maximum absolute atomic E-state index is 12.4. The van der Waals surface area contributed by atoms with E-state index < -0.39 is 5.25 Å². The zero-order valence-corrected chi connectivity index (χ0v) is 16.2. The number of aryl methyl sites for hydroxylation is 1. The zero-order valence-electron chi connectivity index (χ0n) is 14.6. The number of hydrogen-bond donors (Lipinski definition) is 1. The second-order valence-corrected chi connectivity index (χ2v) is 7.60. The van der Waals surface area contributed by atoms with Crippen molar-refractivity contribution in [3.63, 3.8) is 0 Å². The molecule has 3 aromatic rings. The van der Waals surface area contributed by atoms with Gasteiger partial charge in [0, 0.05) is 16.3 Å². The molecular formula is C19H18ClN3O2S. The molecule has 0 saturated heterocycles. The normalized spacial score (nSPS) is 12.0. The van der Waals surface area contributed by atoms with Crippen LogP contribution in [0.25, 0.3) is 11.5 Å². The maximum atomic E-state index is 12.4. The van der Waals surface area contributed by atoms with Gasteiger partial charge in [-0.25, -0.2) is 0 Å². The third-order valence-electron chi connectivity index (χ3n) is 3.88. The fourth-order valence-electron chi connectivity index (χ4n) is 2.25. The number of benzene rings is 2. The van der Waals surface area contributed by atoms with E-state index in [0.29, 0.717) is 21.8 Å². The maximum Gasteiger partial charge on any atom is 0.277 e. The number of carbonyl (C=O) groups is 1. The van der Waals surface area contributed by atoms with E-state index in [2.05, 4.69) is 15.5 Å². The molecule has 1 N–H and O–H groups in total. The molecule has 26 heavy (non-hydrogen) atoms. The molecule has 0 aliphatic rings. The first-order chi connectivity index (χ1) is 12.4. The van der Waals surface area contributed by atoms with Crippen LogP contribution in [0.1, 0.15) is 18.1 Å². The lowest BCUT2D eigenvalue weighted by Crippen LogP contribution is -2.22. The van der Waals surface area contributed by atoms with Crippen LogP contribution >= 0.6 is 23.4 Å². The summed E-state index contributed by atoms with van der Waals surface area (Å²) in [5.74, 6) is 0.279. The molecule has 0 radical (unpaired) electrons. The third kappa shape index (κ3) is 4.26. The van der Waals surface area contributed by atoms with E-state index >= 15 is 0 Å². The molecule has 2 aromatic carbocycles. The molecule has 3 rings (SSSR count). The van der Waals surface area contributed by atoms with Crippen LogP contribution in [0, 0.1) is 13.8 Å². The van der Waals surface area contributed by atoms with Gasteiger partial charge < -0.3 is 9.73 Å². The molecule has 0 aliphatic heterocycles. The van der Waals surface area contributed by atoms with E-state index in [9.17, 15) is 4.79 Å². The predicted octanol–water partition coefficient (Wildman–Crippen LogP) is 5.13. The molecule has 0 aliphatic carbocycles. The number of carbonyl (C=O) groups excluding carboxylic acids is 1. The van der Waals surface area contributed by atoms with Crippen LogP contribution in [-0.4, -0.2) is 21.4 Å². The minimum Gasteiger partial charge on any atom is -0.411 e.